The van der Waals surface area contributed by atoms with Crippen LogP contribution in [0.3, 0.4) is 0 Å². The van der Waals surface area contributed by atoms with Crippen LogP contribution in [0.2, 0.25) is 0 Å². The maximum atomic E-state index is 11.7. The van der Waals surface area contributed by atoms with E-state index < -0.39 is 14.1 Å². The summed E-state index contributed by atoms with van der Waals surface area (Å²) in [4.78, 5) is 38.7. The van der Waals surface area contributed by atoms with Crippen molar-refractivity contribution < 1.29 is 41.9 Å². The Morgan fingerprint density at radius 3 is 1.50 bits per heavy atom. The average molecular weight is 815 g/mol. The molecule has 54 heavy (non-hydrogen) atoms. The number of phenols is 1. The molecule has 15 heteroatoms. The quantitative estimate of drug-likeness (QED) is 0.161. The van der Waals surface area contributed by atoms with E-state index in [-0.39, 0.29) is 29.2 Å². The van der Waals surface area contributed by atoms with E-state index >= 15 is 0 Å². The number of ether oxygens (including phenoxy) is 3. The number of fused-ring (bicyclic) bond motifs is 4. The molecule has 0 spiro atoms. The Bertz CT molecular complexity index is 2150. The number of hydrogen-bond acceptors (Lipinski definition) is 12. The zero-order valence-corrected chi connectivity index (χ0v) is 32.6. The first-order chi connectivity index (χ1) is 28.6. The molecule has 4 aromatic carbocycles. The number of phenolic OH excluding ortho intramolecular Hbond substituents is 1. The van der Waals surface area contributed by atoms with Crippen LogP contribution in [0.4, 0.5) is 0 Å². The van der Waals surface area contributed by atoms with Crippen LogP contribution in [0.15, 0.2) is 92.4 Å². The van der Waals surface area contributed by atoms with Crippen molar-refractivity contribution in [3.05, 3.63) is 95.1 Å². The SMILES string of the molecule is COc1ccc2c(c1)C(=O)NCCS2.O=C1NCCSc2ccc(O)cc21.[2H]C([2H])([2H])Oc1ccc2c(c1)C(=O)NCCS2.[2H]C([2H])([2H])Oc1ccc2c(c1)CNCCS2. The lowest BCUT2D eigenvalue weighted by Crippen LogP contribution is -2.23. The number of nitrogens with one attached hydrogen (secondary N) is 4. The normalized spacial score (nSPS) is 17.8. The molecule has 4 aliphatic rings. The van der Waals surface area contributed by atoms with Crippen LogP contribution in [-0.4, -0.2) is 93.2 Å². The van der Waals surface area contributed by atoms with Crippen molar-refractivity contribution in [2.45, 2.75) is 26.1 Å². The lowest BCUT2D eigenvalue weighted by Gasteiger charge is -2.06. The fourth-order valence-electron chi connectivity index (χ4n) is 5.25. The van der Waals surface area contributed by atoms with Crippen LogP contribution in [0, 0.1) is 0 Å². The number of aromatic hydroxyl groups is 1. The van der Waals surface area contributed by atoms with E-state index in [2.05, 4.69) is 21.3 Å². The molecule has 0 aromatic heterocycles. The number of rotatable bonds is 3. The molecule has 0 saturated heterocycles. The van der Waals surface area contributed by atoms with Gasteiger partial charge in [0.25, 0.3) is 17.7 Å². The number of carbonyl (C=O) groups is 3. The van der Waals surface area contributed by atoms with Gasteiger partial charge in [0, 0.05) is 75.3 Å². The van der Waals surface area contributed by atoms with Gasteiger partial charge < -0.3 is 40.6 Å². The molecule has 4 heterocycles. The second kappa shape index (κ2) is 21.1. The molecule has 11 nitrogen and oxygen atoms in total. The predicted octanol–water partition coefficient (Wildman–Crippen LogP) is 6.18. The van der Waals surface area contributed by atoms with Crippen LogP contribution in [0.1, 0.15) is 44.9 Å². The van der Waals surface area contributed by atoms with E-state index in [1.807, 2.05) is 18.2 Å². The molecule has 8 rings (SSSR count). The molecule has 3 amide bonds. The number of thioether (sulfide) groups is 4. The van der Waals surface area contributed by atoms with E-state index in [1.165, 1.54) is 17.0 Å². The van der Waals surface area contributed by atoms with Gasteiger partial charge in [-0.2, -0.15) is 0 Å². The van der Waals surface area contributed by atoms with Gasteiger partial charge in [0.15, 0.2) is 0 Å². The molecule has 0 fully saturated rings. The van der Waals surface area contributed by atoms with Crippen molar-refractivity contribution in [1.29, 1.82) is 0 Å². The van der Waals surface area contributed by atoms with Gasteiger partial charge in [-0.1, -0.05) is 0 Å². The summed E-state index contributed by atoms with van der Waals surface area (Å²) in [6.07, 6.45) is 0. The molecule has 0 saturated carbocycles. The average Bonchev–Trinajstić information content (AvgIpc) is 3.70. The van der Waals surface area contributed by atoms with E-state index in [9.17, 15) is 19.5 Å². The maximum absolute atomic E-state index is 11.7. The van der Waals surface area contributed by atoms with Gasteiger partial charge in [0.2, 0.25) is 0 Å². The largest absolute Gasteiger partial charge is 0.508 e. The number of carbonyl (C=O) groups excluding carboxylic acids is 3. The standard InChI is InChI=1S/2C10H11NO2S.C10H13NOS.C9H9NO2S/c2*1-13-7-2-3-9-8(6-7)10(12)11-4-5-14-9;1-12-9-2-3-10-8(6-9)7-11-4-5-13-10;11-6-1-2-8-7(5-6)9(12)10-3-4-13-8/h2*2-3,6H,4-5H2,1H3,(H,11,12);2-3,6,11H,4-5,7H2,1H3;1-2,5,11H,3-4H2,(H,10,12)/i1D3;;1D3;. The second-order valence-electron chi connectivity index (χ2n) is 11.5. The summed E-state index contributed by atoms with van der Waals surface area (Å²) in [7, 11) is -3.27. The molecule has 0 bridgehead atoms. The second-order valence-corrected chi connectivity index (χ2v) is 16.1. The number of hydrogen-bond donors (Lipinski definition) is 5. The Balaban J connectivity index is 0.000000152. The molecule has 0 unspecified atom stereocenters. The lowest BCUT2D eigenvalue weighted by molar-refractivity contribution is 0.0946. The van der Waals surface area contributed by atoms with Gasteiger partial charge in [-0.3, -0.25) is 14.4 Å². The van der Waals surface area contributed by atoms with E-state index in [4.69, 9.17) is 22.4 Å². The molecular weight excluding hydrogens is 765 g/mol. The van der Waals surface area contributed by atoms with Crippen molar-refractivity contribution in [1.82, 2.24) is 21.3 Å². The monoisotopic (exact) mass is 814 g/mol. The topological polar surface area (TPSA) is 147 Å². The third-order valence-electron chi connectivity index (χ3n) is 7.89. The molecule has 0 atom stereocenters. The Hall–Kier alpha value is -4.15. The van der Waals surface area contributed by atoms with Crippen molar-refractivity contribution in [2.24, 2.45) is 0 Å². The first-order valence-electron chi connectivity index (χ1n) is 19.8. The molecule has 5 N–H and O–H groups in total. The lowest BCUT2D eigenvalue weighted by atomic mass is 10.2. The zero-order valence-electron chi connectivity index (χ0n) is 35.3. The molecule has 0 radical (unpaired) electrons. The maximum Gasteiger partial charge on any atom is 0.252 e. The predicted molar refractivity (Wildman–Crippen MR) is 219 cm³/mol. The highest BCUT2D eigenvalue weighted by molar-refractivity contribution is 8.00. The zero-order chi connectivity index (χ0) is 43.3. The summed E-state index contributed by atoms with van der Waals surface area (Å²) in [5.41, 5.74) is 2.85. The molecule has 4 aliphatic heterocycles. The molecule has 0 aliphatic carbocycles. The molecular formula is C39H44N4O7S4. The summed E-state index contributed by atoms with van der Waals surface area (Å²) in [6.45, 7) is 3.74. The summed E-state index contributed by atoms with van der Waals surface area (Å²) < 4.78 is 56.9. The van der Waals surface area contributed by atoms with Gasteiger partial charge in [-0.05, 0) is 78.4 Å². The number of methoxy groups -OCH3 is 3. The van der Waals surface area contributed by atoms with E-state index in [0.29, 0.717) is 35.5 Å². The van der Waals surface area contributed by atoms with Crippen molar-refractivity contribution >= 4 is 64.8 Å². The first-order valence-corrected chi connectivity index (χ1v) is 20.8. The van der Waals surface area contributed by atoms with Crippen LogP contribution < -0.4 is 35.5 Å². The number of amides is 3. The minimum Gasteiger partial charge on any atom is -0.508 e. The highest BCUT2D eigenvalue weighted by Gasteiger charge is 2.18. The van der Waals surface area contributed by atoms with E-state index in [0.717, 1.165) is 68.6 Å². The first kappa shape index (κ1) is 33.2. The molecule has 4 aromatic rings. The highest BCUT2D eigenvalue weighted by atomic mass is 32.2. The smallest absolute Gasteiger partial charge is 0.252 e. The van der Waals surface area contributed by atoms with Crippen LogP contribution >= 0.6 is 47.0 Å². The minimum absolute atomic E-state index is 0.0103. The van der Waals surface area contributed by atoms with Crippen molar-refractivity contribution in [3.8, 4) is 23.0 Å². The van der Waals surface area contributed by atoms with Crippen molar-refractivity contribution in [3.63, 3.8) is 0 Å². The number of benzene rings is 4. The van der Waals surface area contributed by atoms with Gasteiger partial charge in [0.05, 0.1) is 46.1 Å². The van der Waals surface area contributed by atoms with E-state index in [1.54, 1.807) is 96.6 Å². The van der Waals surface area contributed by atoms with Crippen molar-refractivity contribution in [2.75, 3.05) is 70.4 Å². The summed E-state index contributed by atoms with van der Waals surface area (Å²) in [5.74, 6) is 4.78. The Morgan fingerprint density at radius 2 is 0.981 bits per heavy atom. The summed E-state index contributed by atoms with van der Waals surface area (Å²) >= 11 is 6.66. The highest BCUT2D eigenvalue weighted by Crippen LogP contribution is 2.31. The fraction of sp³-hybridized carbons (Fsp3) is 0.308. The molecule has 286 valence electrons. The Labute approximate surface area is 341 Å². The fourth-order valence-corrected chi connectivity index (χ4v) is 8.89. The van der Waals surface area contributed by atoms with Crippen LogP contribution in [0.5, 0.6) is 23.0 Å². The summed E-state index contributed by atoms with van der Waals surface area (Å²) in [5, 5.41) is 20.8. The van der Waals surface area contributed by atoms with Gasteiger partial charge in [-0.25, -0.2) is 0 Å². The summed E-state index contributed by atoms with van der Waals surface area (Å²) in [6, 6.07) is 20.7. The Kier molecular flexibility index (Phi) is 13.0. The van der Waals surface area contributed by atoms with Gasteiger partial charge in [-0.15, -0.1) is 47.0 Å². The third-order valence-corrected chi connectivity index (χ3v) is 12.2. The van der Waals surface area contributed by atoms with Gasteiger partial charge >= 0.3 is 0 Å². The van der Waals surface area contributed by atoms with Crippen LogP contribution in [-0.2, 0) is 6.54 Å². The Morgan fingerprint density at radius 1 is 0.556 bits per heavy atom. The minimum atomic E-state index is -2.50. The third kappa shape index (κ3) is 11.7. The van der Waals surface area contributed by atoms with Gasteiger partial charge in [0.1, 0.15) is 23.0 Å². The van der Waals surface area contributed by atoms with Crippen LogP contribution in [0.25, 0.3) is 0 Å².